The van der Waals surface area contributed by atoms with Crippen molar-refractivity contribution in [2.75, 3.05) is 0 Å². The van der Waals surface area contributed by atoms with Gasteiger partial charge in [0, 0.05) is 6.42 Å². The van der Waals surface area contributed by atoms with Crippen LogP contribution >= 0.6 is 0 Å². The predicted octanol–water partition coefficient (Wildman–Crippen LogP) is 3.21. The first-order chi connectivity index (χ1) is 5.77. The molecule has 1 aliphatic carbocycles. The summed E-state index contributed by atoms with van der Waals surface area (Å²) in [6, 6.07) is 0. The van der Waals surface area contributed by atoms with E-state index in [1.807, 2.05) is 6.92 Å². The van der Waals surface area contributed by atoms with Gasteiger partial charge in [0.25, 0.3) is 0 Å². The zero-order chi connectivity index (χ0) is 9.23. The van der Waals surface area contributed by atoms with Gasteiger partial charge in [-0.2, -0.15) is 0 Å². The first-order valence-corrected chi connectivity index (χ1v) is 4.99. The number of carboxylic acids is 1. The van der Waals surface area contributed by atoms with Crippen LogP contribution in [-0.4, -0.2) is 11.1 Å². The van der Waals surface area contributed by atoms with Crippen LogP contribution in [0.15, 0.2) is 0 Å². The summed E-state index contributed by atoms with van der Waals surface area (Å²) in [5, 5.41) is 7.91. The fraction of sp³-hybridized carbons (Fsp3) is 0.900. The SMILES string of the molecule is C1CCCCC1.CCCC(=O)O.[Ag+]. The second kappa shape index (κ2) is 12.2. The van der Waals surface area contributed by atoms with Gasteiger partial charge in [-0.1, -0.05) is 45.4 Å². The molecule has 3 heteroatoms. The Kier molecular flexibility index (Phi) is 14.7. The Hall–Kier alpha value is 0.210. The number of rotatable bonds is 2. The Morgan fingerprint density at radius 1 is 1.08 bits per heavy atom. The van der Waals surface area contributed by atoms with E-state index in [1.54, 1.807) is 0 Å². The molecule has 2 nitrogen and oxygen atoms in total. The molecule has 13 heavy (non-hydrogen) atoms. The van der Waals surface area contributed by atoms with Gasteiger partial charge in [-0.25, -0.2) is 0 Å². The molecule has 0 unspecified atom stereocenters. The van der Waals surface area contributed by atoms with E-state index in [0.29, 0.717) is 6.42 Å². The van der Waals surface area contributed by atoms with Gasteiger partial charge in [0.2, 0.25) is 0 Å². The van der Waals surface area contributed by atoms with Crippen molar-refractivity contribution in [3.05, 3.63) is 0 Å². The van der Waals surface area contributed by atoms with Crippen LogP contribution in [0.3, 0.4) is 0 Å². The van der Waals surface area contributed by atoms with Gasteiger partial charge >= 0.3 is 28.3 Å². The smallest absolute Gasteiger partial charge is 0.481 e. The number of hydrogen-bond donors (Lipinski definition) is 1. The zero-order valence-corrected chi connectivity index (χ0v) is 9.80. The molecule has 0 aromatic heterocycles. The van der Waals surface area contributed by atoms with Crippen LogP contribution in [0.2, 0.25) is 0 Å². The molecule has 0 bridgehead atoms. The molecule has 1 fully saturated rings. The van der Waals surface area contributed by atoms with E-state index >= 15 is 0 Å². The fourth-order valence-corrected chi connectivity index (χ4v) is 1.27. The van der Waals surface area contributed by atoms with Crippen LogP contribution in [0, 0.1) is 0 Å². The molecule has 1 rings (SSSR count). The maximum Gasteiger partial charge on any atom is 1.00 e. The third-order valence-corrected chi connectivity index (χ3v) is 1.96. The van der Waals surface area contributed by atoms with Gasteiger partial charge in [0.1, 0.15) is 0 Å². The quantitative estimate of drug-likeness (QED) is 0.789. The van der Waals surface area contributed by atoms with Crippen molar-refractivity contribution in [2.24, 2.45) is 0 Å². The molecule has 1 saturated carbocycles. The minimum atomic E-state index is -0.711. The van der Waals surface area contributed by atoms with Crippen molar-refractivity contribution in [3.63, 3.8) is 0 Å². The van der Waals surface area contributed by atoms with E-state index in [-0.39, 0.29) is 22.4 Å². The van der Waals surface area contributed by atoms with Crippen LogP contribution in [0.5, 0.6) is 0 Å². The first-order valence-electron chi connectivity index (χ1n) is 4.99. The largest absolute Gasteiger partial charge is 1.00 e. The standard InChI is InChI=1S/C6H12.C4H8O2.Ag/c1-2-4-6-5-3-1;1-2-3-4(5)6;/h1-6H2;2-3H2,1H3,(H,5,6);/q;;+1. The Bertz CT molecular complexity index is 100.0. The number of hydrogen-bond acceptors (Lipinski definition) is 1. The van der Waals surface area contributed by atoms with Crippen LogP contribution in [0.4, 0.5) is 0 Å². The summed E-state index contributed by atoms with van der Waals surface area (Å²) in [5.74, 6) is -0.711. The van der Waals surface area contributed by atoms with Gasteiger partial charge < -0.3 is 5.11 Å². The summed E-state index contributed by atoms with van der Waals surface area (Å²) in [5.41, 5.74) is 0. The molecule has 0 atom stereocenters. The molecule has 0 spiro atoms. The van der Waals surface area contributed by atoms with Crippen molar-refractivity contribution in [1.82, 2.24) is 0 Å². The fourth-order valence-electron chi connectivity index (χ4n) is 1.27. The molecule has 1 N–H and O–H groups in total. The summed E-state index contributed by atoms with van der Waals surface area (Å²) in [6.45, 7) is 1.84. The normalized spacial score (nSPS) is 14.8. The van der Waals surface area contributed by atoms with Gasteiger partial charge in [-0.3, -0.25) is 4.79 Å². The Morgan fingerprint density at radius 2 is 1.38 bits per heavy atom. The number of carboxylic acid groups (broad SMARTS) is 1. The molecule has 0 aliphatic heterocycles. The topological polar surface area (TPSA) is 37.3 Å². The summed E-state index contributed by atoms with van der Waals surface area (Å²) in [6.07, 6.45) is 10.0. The van der Waals surface area contributed by atoms with E-state index < -0.39 is 5.97 Å². The van der Waals surface area contributed by atoms with E-state index in [0.717, 1.165) is 6.42 Å². The Labute approximate surface area is 96.6 Å². The molecule has 82 valence electrons. The first kappa shape index (κ1) is 15.7. The van der Waals surface area contributed by atoms with Gasteiger partial charge in [-0.05, 0) is 6.42 Å². The molecule has 0 amide bonds. The average molecular weight is 280 g/mol. The van der Waals surface area contributed by atoms with Crippen LogP contribution < -0.4 is 0 Å². The summed E-state index contributed by atoms with van der Waals surface area (Å²) in [7, 11) is 0. The van der Waals surface area contributed by atoms with Crippen molar-refractivity contribution in [2.45, 2.75) is 58.3 Å². The minimum absolute atomic E-state index is 0. The summed E-state index contributed by atoms with van der Waals surface area (Å²) in [4.78, 5) is 9.60. The van der Waals surface area contributed by atoms with Gasteiger partial charge in [0.05, 0.1) is 0 Å². The Balaban J connectivity index is 0. The van der Waals surface area contributed by atoms with Gasteiger partial charge in [0.15, 0.2) is 0 Å². The monoisotopic (exact) mass is 279 g/mol. The third kappa shape index (κ3) is 15.0. The zero-order valence-electron chi connectivity index (χ0n) is 8.31. The average Bonchev–Trinajstić information content (AvgIpc) is 2.08. The van der Waals surface area contributed by atoms with Crippen molar-refractivity contribution in [3.8, 4) is 0 Å². The number of aliphatic carboxylic acids is 1. The maximum absolute atomic E-state index is 9.60. The molecule has 0 radical (unpaired) electrons. The maximum atomic E-state index is 9.60. The number of carbonyl (C=O) groups is 1. The van der Waals surface area contributed by atoms with Crippen LogP contribution in [0.1, 0.15) is 58.3 Å². The molecule has 0 aromatic carbocycles. The molecular weight excluding hydrogens is 260 g/mol. The molecule has 0 aromatic rings. The summed E-state index contributed by atoms with van der Waals surface area (Å²) >= 11 is 0. The van der Waals surface area contributed by atoms with E-state index in [1.165, 1.54) is 38.5 Å². The third-order valence-electron chi connectivity index (χ3n) is 1.96. The van der Waals surface area contributed by atoms with E-state index in [4.69, 9.17) is 5.11 Å². The minimum Gasteiger partial charge on any atom is -0.481 e. The van der Waals surface area contributed by atoms with Crippen molar-refractivity contribution >= 4 is 5.97 Å². The summed E-state index contributed by atoms with van der Waals surface area (Å²) < 4.78 is 0. The van der Waals surface area contributed by atoms with Crippen LogP contribution in [0.25, 0.3) is 0 Å². The van der Waals surface area contributed by atoms with Gasteiger partial charge in [-0.15, -0.1) is 0 Å². The molecular formula is C10H20AgO2+. The Morgan fingerprint density at radius 3 is 1.46 bits per heavy atom. The van der Waals surface area contributed by atoms with E-state index in [2.05, 4.69) is 0 Å². The molecule has 0 saturated heterocycles. The second-order valence-electron chi connectivity index (χ2n) is 3.27. The molecule has 0 heterocycles. The predicted molar refractivity (Wildman–Crippen MR) is 50.2 cm³/mol. The van der Waals surface area contributed by atoms with Crippen molar-refractivity contribution < 1.29 is 32.3 Å². The van der Waals surface area contributed by atoms with Crippen LogP contribution in [-0.2, 0) is 27.2 Å². The molecule has 1 aliphatic rings. The van der Waals surface area contributed by atoms with E-state index in [9.17, 15) is 4.79 Å². The second-order valence-corrected chi connectivity index (χ2v) is 3.27. The van der Waals surface area contributed by atoms with Crippen molar-refractivity contribution in [1.29, 1.82) is 0 Å².